The molecule has 0 unspecified atom stereocenters. The van der Waals surface area contributed by atoms with Gasteiger partial charge in [0.15, 0.2) is 0 Å². The van der Waals surface area contributed by atoms with E-state index < -0.39 is 14.9 Å². The standard InChI is InChI=1S/C10H13N5O4S/c1-20(18,19)14-4-2-3-12-10-9(15(16)17)5-8(6-11)7-13-10/h5,7,14H,2-4H2,1H3,(H,12,13). The van der Waals surface area contributed by atoms with Gasteiger partial charge in [-0.05, 0) is 6.42 Å². The zero-order valence-electron chi connectivity index (χ0n) is 10.7. The molecule has 0 spiro atoms. The van der Waals surface area contributed by atoms with Crippen LogP contribution in [0.25, 0.3) is 0 Å². The van der Waals surface area contributed by atoms with Gasteiger partial charge in [-0.25, -0.2) is 18.1 Å². The van der Waals surface area contributed by atoms with Crippen LogP contribution in [-0.2, 0) is 10.0 Å². The second-order valence-corrected chi connectivity index (χ2v) is 5.74. The summed E-state index contributed by atoms with van der Waals surface area (Å²) in [6, 6.07) is 2.90. The SMILES string of the molecule is CS(=O)(=O)NCCCNc1ncc(C#N)cc1[N+](=O)[O-]. The third kappa shape index (κ3) is 5.17. The van der Waals surface area contributed by atoms with Crippen LogP contribution < -0.4 is 10.0 Å². The van der Waals surface area contributed by atoms with Crippen molar-refractivity contribution in [2.45, 2.75) is 6.42 Å². The van der Waals surface area contributed by atoms with E-state index in [1.165, 1.54) is 6.20 Å². The lowest BCUT2D eigenvalue weighted by Crippen LogP contribution is -2.24. The highest BCUT2D eigenvalue weighted by Crippen LogP contribution is 2.22. The van der Waals surface area contributed by atoms with Crippen molar-refractivity contribution >= 4 is 21.5 Å². The maximum absolute atomic E-state index is 10.8. The van der Waals surface area contributed by atoms with Gasteiger partial charge in [-0.3, -0.25) is 10.1 Å². The van der Waals surface area contributed by atoms with Crippen LogP contribution in [0.15, 0.2) is 12.3 Å². The summed E-state index contributed by atoms with van der Waals surface area (Å²) >= 11 is 0. The minimum atomic E-state index is -3.24. The molecule has 10 heteroatoms. The van der Waals surface area contributed by atoms with Crippen molar-refractivity contribution in [2.24, 2.45) is 0 Å². The van der Waals surface area contributed by atoms with Crippen LogP contribution in [0.1, 0.15) is 12.0 Å². The number of rotatable bonds is 7. The molecule has 1 aromatic rings. The van der Waals surface area contributed by atoms with Gasteiger partial charge in [0, 0.05) is 25.4 Å². The van der Waals surface area contributed by atoms with Crippen LogP contribution in [0.2, 0.25) is 0 Å². The Morgan fingerprint density at radius 1 is 1.50 bits per heavy atom. The van der Waals surface area contributed by atoms with E-state index in [1.54, 1.807) is 6.07 Å². The summed E-state index contributed by atoms with van der Waals surface area (Å²) in [7, 11) is -3.24. The highest BCUT2D eigenvalue weighted by Gasteiger charge is 2.15. The third-order valence-electron chi connectivity index (χ3n) is 2.20. The molecule has 0 aromatic carbocycles. The van der Waals surface area contributed by atoms with E-state index in [-0.39, 0.29) is 23.6 Å². The number of nitriles is 1. The van der Waals surface area contributed by atoms with E-state index in [2.05, 4.69) is 15.0 Å². The molecule has 0 aliphatic heterocycles. The van der Waals surface area contributed by atoms with Gasteiger partial charge in [0.05, 0.1) is 16.7 Å². The zero-order valence-corrected chi connectivity index (χ0v) is 11.5. The van der Waals surface area contributed by atoms with Crippen LogP contribution >= 0.6 is 0 Å². The van der Waals surface area contributed by atoms with Crippen molar-refractivity contribution in [2.75, 3.05) is 24.7 Å². The van der Waals surface area contributed by atoms with Crippen molar-refractivity contribution in [1.82, 2.24) is 9.71 Å². The van der Waals surface area contributed by atoms with Crippen LogP contribution in [0.3, 0.4) is 0 Å². The van der Waals surface area contributed by atoms with E-state index in [4.69, 9.17) is 5.26 Å². The van der Waals surface area contributed by atoms with Gasteiger partial charge in [-0.2, -0.15) is 5.26 Å². The number of hydrogen-bond acceptors (Lipinski definition) is 7. The van der Waals surface area contributed by atoms with Crippen LogP contribution in [0.4, 0.5) is 11.5 Å². The molecule has 1 rings (SSSR count). The summed E-state index contributed by atoms with van der Waals surface area (Å²) in [4.78, 5) is 14.0. The molecule has 0 aliphatic carbocycles. The number of nitrogens with one attached hydrogen (secondary N) is 2. The average Bonchev–Trinajstić information content (AvgIpc) is 2.37. The molecule has 2 N–H and O–H groups in total. The molecular formula is C10H13N5O4S. The predicted octanol–water partition coefficient (Wildman–Crippen LogP) is 0.213. The molecule has 0 saturated carbocycles. The summed E-state index contributed by atoms with van der Waals surface area (Å²) < 4.78 is 23.9. The fraction of sp³-hybridized carbons (Fsp3) is 0.400. The quantitative estimate of drug-likeness (QED) is 0.417. The van der Waals surface area contributed by atoms with Gasteiger partial charge in [0.1, 0.15) is 6.07 Å². The molecule has 1 heterocycles. The molecule has 0 saturated heterocycles. The lowest BCUT2D eigenvalue weighted by molar-refractivity contribution is -0.384. The lowest BCUT2D eigenvalue weighted by atomic mass is 10.2. The number of hydrogen-bond donors (Lipinski definition) is 2. The molecule has 1 aromatic heterocycles. The Morgan fingerprint density at radius 3 is 2.75 bits per heavy atom. The van der Waals surface area contributed by atoms with Crippen LogP contribution in [0, 0.1) is 21.4 Å². The first-order chi connectivity index (χ1) is 9.33. The fourth-order valence-electron chi connectivity index (χ4n) is 1.34. The smallest absolute Gasteiger partial charge is 0.312 e. The Bertz CT molecular complexity index is 638. The topological polar surface area (TPSA) is 138 Å². The average molecular weight is 299 g/mol. The number of nitro groups is 1. The highest BCUT2D eigenvalue weighted by atomic mass is 32.2. The van der Waals surface area contributed by atoms with Gasteiger partial charge in [0.25, 0.3) is 0 Å². The molecule has 0 radical (unpaired) electrons. The molecule has 20 heavy (non-hydrogen) atoms. The second-order valence-electron chi connectivity index (χ2n) is 3.91. The Morgan fingerprint density at radius 2 is 2.20 bits per heavy atom. The number of sulfonamides is 1. The molecule has 0 amide bonds. The maximum Gasteiger partial charge on any atom is 0.312 e. The van der Waals surface area contributed by atoms with Gasteiger partial charge in [0.2, 0.25) is 15.8 Å². The molecule has 9 nitrogen and oxygen atoms in total. The first-order valence-electron chi connectivity index (χ1n) is 5.56. The van der Waals surface area contributed by atoms with Gasteiger partial charge < -0.3 is 5.32 Å². The number of nitrogens with zero attached hydrogens (tertiary/aromatic N) is 3. The minimum Gasteiger partial charge on any atom is -0.364 e. The van der Waals surface area contributed by atoms with Gasteiger partial charge >= 0.3 is 5.69 Å². The van der Waals surface area contributed by atoms with Crippen molar-refractivity contribution in [3.8, 4) is 6.07 Å². The Kier molecular flexibility index (Phi) is 5.36. The van der Waals surface area contributed by atoms with Crippen LogP contribution in [0.5, 0.6) is 0 Å². The normalized spacial score (nSPS) is 10.8. The van der Waals surface area contributed by atoms with E-state index in [9.17, 15) is 18.5 Å². The van der Waals surface area contributed by atoms with Gasteiger partial charge in [-0.15, -0.1) is 0 Å². The summed E-state index contributed by atoms with van der Waals surface area (Å²) in [5, 5.41) is 22.2. The largest absolute Gasteiger partial charge is 0.364 e. The second kappa shape index (κ2) is 6.78. The third-order valence-corrected chi connectivity index (χ3v) is 2.93. The first kappa shape index (κ1) is 15.8. The van der Waals surface area contributed by atoms with E-state index >= 15 is 0 Å². The number of anilines is 1. The molecule has 0 fully saturated rings. The van der Waals surface area contributed by atoms with Crippen molar-refractivity contribution < 1.29 is 13.3 Å². The fourth-order valence-corrected chi connectivity index (χ4v) is 1.86. The lowest BCUT2D eigenvalue weighted by Gasteiger charge is -2.06. The minimum absolute atomic E-state index is 0.0494. The van der Waals surface area contributed by atoms with E-state index in [0.29, 0.717) is 13.0 Å². The van der Waals surface area contributed by atoms with Crippen molar-refractivity contribution in [3.05, 3.63) is 27.9 Å². The Labute approximate surface area is 115 Å². The van der Waals surface area contributed by atoms with E-state index in [1.807, 2.05) is 0 Å². The number of pyridine rings is 1. The van der Waals surface area contributed by atoms with Crippen LogP contribution in [-0.4, -0.2) is 37.7 Å². The zero-order chi connectivity index (χ0) is 15.2. The monoisotopic (exact) mass is 299 g/mol. The van der Waals surface area contributed by atoms with Gasteiger partial charge in [-0.1, -0.05) is 0 Å². The first-order valence-corrected chi connectivity index (χ1v) is 7.45. The Balaban J connectivity index is 2.60. The van der Waals surface area contributed by atoms with Crippen molar-refractivity contribution in [1.29, 1.82) is 5.26 Å². The molecule has 108 valence electrons. The highest BCUT2D eigenvalue weighted by molar-refractivity contribution is 7.88. The van der Waals surface area contributed by atoms with E-state index in [0.717, 1.165) is 12.3 Å². The summed E-state index contributed by atoms with van der Waals surface area (Å²) in [5.74, 6) is 0.0494. The summed E-state index contributed by atoms with van der Waals surface area (Å²) in [6.45, 7) is 0.526. The number of aromatic nitrogens is 1. The van der Waals surface area contributed by atoms with Crippen molar-refractivity contribution in [3.63, 3.8) is 0 Å². The predicted molar refractivity (Wildman–Crippen MR) is 71.6 cm³/mol. The Hall–Kier alpha value is -2.25. The molecule has 0 aliphatic rings. The molecule has 0 bridgehead atoms. The summed E-state index contributed by atoms with van der Waals surface area (Å²) in [5.41, 5.74) is -0.193. The summed E-state index contributed by atoms with van der Waals surface area (Å²) in [6.07, 6.45) is 2.71. The molecule has 0 atom stereocenters. The molecular weight excluding hydrogens is 286 g/mol. The maximum atomic E-state index is 10.8.